The van der Waals surface area contributed by atoms with Crippen LogP contribution in [0.25, 0.3) is 0 Å². The molecule has 4 N–H and O–H groups in total. The number of aliphatic hydroxyl groups excluding tert-OH is 1. The van der Waals surface area contributed by atoms with Crippen molar-refractivity contribution in [3.8, 4) is 0 Å². The average Bonchev–Trinajstić information content (AvgIpc) is 2.99. The highest BCUT2D eigenvalue weighted by Gasteiger charge is 2.21. The van der Waals surface area contributed by atoms with E-state index in [1.807, 2.05) is 24.3 Å². The van der Waals surface area contributed by atoms with Crippen LogP contribution in [0.2, 0.25) is 0 Å². The van der Waals surface area contributed by atoms with Gasteiger partial charge < -0.3 is 25.8 Å². The van der Waals surface area contributed by atoms with Gasteiger partial charge in [-0.2, -0.15) is 0 Å². The zero-order chi connectivity index (χ0) is 29.2. The number of esters is 1. The molecule has 3 amide bonds. The number of nitrogens with one attached hydrogen (secondary N) is 3. The Morgan fingerprint density at radius 2 is 1.61 bits per heavy atom. The summed E-state index contributed by atoms with van der Waals surface area (Å²) in [7, 11) is 0. The quantitative estimate of drug-likeness (QED) is 0.205. The third-order valence-electron chi connectivity index (χ3n) is 7.23. The molecule has 1 unspecified atom stereocenters. The molecule has 216 valence electrons. The zero-order valence-electron chi connectivity index (χ0n) is 23.1. The van der Waals surface area contributed by atoms with Crippen molar-refractivity contribution >= 4 is 39.5 Å². The van der Waals surface area contributed by atoms with Crippen molar-refractivity contribution in [1.82, 2.24) is 10.6 Å². The van der Waals surface area contributed by atoms with Gasteiger partial charge in [-0.3, -0.25) is 4.79 Å². The fourth-order valence-corrected chi connectivity index (χ4v) is 5.46. The van der Waals surface area contributed by atoms with Gasteiger partial charge >= 0.3 is 12.0 Å². The van der Waals surface area contributed by atoms with Crippen molar-refractivity contribution in [2.45, 2.75) is 57.1 Å². The lowest BCUT2D eigenvalue weighted by molar-refractivity contribution is -0.152. The van der Waals surface area contributed by atoms with Crippen LogP contribution in [-0.4, -0.2) is 42.3 Å². The maximum atomic E-state index is 13.1. The Balaban J connectivity index is 1.50. The van der Waals surface area contributed by atoms with Crippen LogP contribution in [0.15, 0.2) is 77.3 Å². The molecule has 0 aromatic heterocycles. The van der Waals surface area contributed by atoms with Gasteiger partial charge in [-0.1, -0.05) is 77.7 Å². The lowest BCUT2D eigenvalue weighted by atomic mass is 9.83. The second-order valence-corrected chi connectivity index (χ2v) is 11.1. The first-order valence-corrected chi connectivity index (χ1v) is 14.8. The van der Waals surface area contributed by atoms with Gasteiger partial charge in [-0.25, -0.2) is 9.59 Å². The molecule has 1 saturated carbocycles. The second kappa shape index (κ2) is 14.8. The van der Waals surface area contributed by atoms with E-state index in [4.69, 9.17) is 4.74 Å². The number of hydrogen-bond donors (Lipinski definition) is 4. The van der Waals surface area contributed by atoms with Crippen LogP contribution in [-0.2, 0) is 9.53 Å². The lowest BCUT2D eigenvalue weighted by Crippen LogP contribution is -2.37. The first-order chi connectivity index (χ1) is 19.8. The highest BCUT2D eigenvalue weighted by molar-refractivity contribution is 9.10. The summed E-state index contributed by atoms with van der Waals surface area (Å²) in [6.45, 7) is 1.53. The number of amides is 3. The molecule has 4 rings (SSSR count). The number of rotatable bonds is 10. The number of hydrogen-bond acceptors (Lipinski definition) is 5. The minimum absolute atomic E-state index is 0.144. The van der Waals surface area contributed by atoms with Crippen LogP contribution >= 0.6 is 15.9 Å². The van der Waals surface area contributed by atoms with Gasteiger partial charge in [-0.15, -0.1) is 0 Å². The van der Waals surface area contributed by atoms with Gasteiger partial charge in [0.25, 0.3) is 5.91 Å². The Bertz CT molecular complexity index is 1320. The number of urea groups is 1. The SMILES string of the molecule is CCOC(=O)[C@H](O)CNC(=O)c1ccc(C(NC(=O)Nc2cccc(Br)c2)c2ccc(C3CCCCC3)cc2)cc1. The fraction of sp³-hybridized carbons (Fsp3) is 0.344. The highest BCUT2D eigenvalue weighted by atomic mass is 79.9. The van der Waals surface area contributed by atoms with Crippen molar-refractivity contribution in [3.05, 3.63) is 99.5 Å². The fourth-order valence-electron chi connectivity index (χ4n) is 5.06. The molecule has 1 aliphatic carbocycles. The molecule has 3 aromatic rings. The monoisotopic (exact) mass is 621 g/mol. The molecular formula is C32H36BrN3O5. The first-order valence-electron chi connectivity index (χ1n) is 14.0. The summed E-state index contributed by atoms with van der Waals surface area (Å²) in [4.78, 5) is 37.3. The van der Waals surface area contributed by atoms with Crippen LogP contribution in [0.3, 0.4) is 0 Å². The number of ether oxygens (including phenoxy) is 1. The molecule has 0 radical (unpaired) electrons. The van der Waals surface area contributed by atoms with E-state index in [1.165, 1.54) is 37.7 Å². The van der Waals surface area contributed by atoms with E-state index in [2.05, 4.69) is 56.1 Å². The normalized spacial score (nSPS) is 14.9. The Hall–Kier alpha value is -3.69. The minimum atomic E-state index is -1.44. The summed E-state index contributed by atoms with van der Waals surface area (Å²) in [5.41, 5.74) is 4.05. The number of benzene rings is 3. The third-order valence-corrected chi connectivity index (χ3v) is 7.72. The zero-order valence-corrected chi connectivity index (χ0v) is 24.7. The number of halogens is 1. The summed E-state index contributed by atoms with van der Waals surface area (Å²) in [6.07, 6.45) is 4.79. The Morgan fingerprint density at radius 1 is 0.951 bits per heavy atom. The first kappa shape index (κ1) is 30.3. The van der Waals surface area contributed by atoms with E-state index >= 15 is 0 Å². The maximum Gasteiger partial charge on any atom is 0.336 e. The van der Waals surface area contributed by atoms with Crippen molar-refractivity contribution in [2.24, 2.45) is 0 Å². The van der Waals surface area contributed by atoms with Gasteiger partial charge in [0.15, 0.2) is 6.10 Å². The van der Waals surface area contributed by atoms with Crippen LogP contribution in [0, 0.1) is 0 Å². The molecule has 8 nitrogen and oxygen atoms in total. The summed E-state index contributed by atoms with van der Waals surface area (Å²) < 4.78 is 5.62. The molecule has 0 saturated heterocycles. The van der Waals surface area contributed by atoms with Crippen LogP contribution < -0.4 is 16.0 Å². The molecule has 0 bridgehead atoms. The predicted molar refractivity (Wildman–Crippen MR) is 162 cm³/mol. The van der Waals surface area contributed by atoms with E-state index in [-0.39, 0.29) is 19.2 Å². The van der Waals surface area contributed by atoms with Crippen molar-refractivity contribution < 1.29 is 24.2 Å². The summed E-state index contributed by atoms with van der Waals surface area (Å²) in [5.74, 6) is -0.648. The topological polar surface area (TPSA) is 117 Å². The molecule has 0 spiro atoms. The summed E-state index contributed by atoms with van der Waals surface area (Å²) in [6, 6.07) is 21.8. The standard InChI is InChI=1S/C32H36BrN3O5/c1-2-41-31(39)28(37)20-34-30(38)25-17-15-24(16-18-25)29(36-32(40)35-27-10-6-9-26(33)19-27)23-13-11-22(12-14-23)21-7-4-3-5-8-21/h6,9-19,21,28-29,37H,2-5,7-8,20H2,1H3,(H,34,38)(H2,35,36,40)/t28-,29?/m1/s1. The second-order valence-electron chi connectivity index (χ2n) is 10.1. The Morgan fingerprint density at radius 3 is 2.24 bits per heavy atom. The molecule has 0 heterocycles. The smallest absolute Gasteiger partial charge is 0.336 e. The molecule has 3 aromatic carbocycles. The van der Waals surface area contributed by atoms with Gasteiger partial charge in [-0.05, 0) is 72.7 Å². The van der Waals surface area contributed by atoms with E-state index in [0.717, 1.165) is 15.6 Å². The number of carbonyl (C=O) groups excluding carboxylic acids is 3. The van der Waals surface area contributed by atoms with E-state index in [0.29, 0.717) is 17.2 Å². The minimum Gasteiger partial charge on any atom is -0.464 e. The van der Waals surface area contributed by atoms with Gasteiger partial charge in [0.05, 0.1) is 19.2 Å². The molecule has 41 heavy (non-hydrogen) atoms. The largest absolute Gasteiger partial charge is 0.464 e. The van der Waals surface area contributed by atoms with Gasteiger partial charge in [0.1, 0.15) is 0 Å². The molecule has 1 aliphatic rings. The number of anilines is 1. The Labute approximate surface area is 249 Å². The molecule has 2 atom stereocenters. The highest BCUT2D eigenvalue weighted by Crippen LogP contribution is 2.33. The van der Waals surface area contributed by atoms with Gasteiger partial charge in [0, 0.05) is 15.7 Å². The van der Waals surface area contributed by atoms with Gasteiger partial charge in [0.2, 0.25) is 0 Å². The van der Waals surface area contributed by atoms with Crippen LogP contribution in [0.4, 0.5) is 10.5 Å². The van der Waals surface area contributed by atoms with Crippen LogP contribution in [0.5, 0.6) is 0 Å². The predicted octanol–water partition coefficient (Wildman–Crippen LogP) is 6.06. The van der Waals surface area contributed by atoms with Crippen LogP contribution in [0.1, 0.15) is 78.0 Å². The average molecular weight is 623 g/mol. The molecule has 0 aliphatic heterocycles. The number of carbonyl (C=O) groups is 3. The number of aliphatic hydroxyl groups is 1. The molecule has 9 heteroatoms. The lowest BCUT2D eigenvalue weighted by Gasteiger charge is -2.24. The summed E-state index contributed by atoms with van der Waals surface area (Å²) >= 11 is 3.43. The van der Waals surface area contributed by atoms with E-state index in [1.54, 1.807) is 31.2 Å². The maximum absolute atomic E-state index is 13.1. The van der Waals surface area contributed by atoms with Crippen molar-refractivity contribution in [3.63, 3.8) is 0 Å². The summed E-state index contributed by atoms with van der Waals surface area (Å²) in [5, 5.41) is 18.4. The third kappa shape index (κ3) is 8.65. The molecule has 1 fully saturated rings. The Kier molecular flexibility index (Phi) is 10.9. The van der Waals surface area contributed by atoms with E-state index < -0.39 is 24.0 Å². The van der Waals surface area contributed by atoms with Crippen molar-refractivity contribution in [1.29, 1.82) is 0 Å². The van der Waals surface area contributed by atoms with Crippen molar-refractivity contribution in [2.75, 3.05) is 18.5 Å². The molecular weight excluding hydrogens is 586 g/mol. The van der Waals surface area contributed by atoms with E-state index in [9.17, 15) is 19.5 Å².